The summed E-state index contributed by atoms with van der Waals surface area (Å²) in [7, 11) is 1.63. The number of nitrogens with one attached hydrogen (secondary N) is 1. The number of ether oxygens (including phenoxy) is 1. The molecule has 1 aromatic heterocycles. The van der Waals surface area contributed by atoms with E-state index in [2.05, 4.69) is 15.1 Å². The van der Waals surface area contributed by atoms with E-state index in [1.165, 1.54) is 0 Å². The third-order valence-electron chi connectivity index (χ3n) is 5.29. The first-order valence-corrected chi connectivity index (χ1v) is 8.65. The van der Waals surface area contributed by atoms with Gasteiger partial charge >= 0.3 is 5.97 Å². The number of piperidine rings is 1. The van der Waals surface area contributed by atoms with Crippen LogP contribution in [0.3, 0.4) is 0 Å². The standard InChI is InChI=1S/C18H25N3O4/c1-3-6-18(17(23)24)7-8-21(11-16(18)22)10-15-13-9-12(25-2)4-5-14(13)19-20-15/h4-5,9,16,22H,3,6-8,10-11H2,1-2H3,(H,19,20)(H,23,24)/t16-,18-/m0/s1. The van der Waals surface area contributed by atoms with E-state index in [9.17, 15) is 15.0 Å². The summed E-state index contributed by atoms with van der Waals surface area (Å²) in [5.74, 6) is -0.125. The molecule has 0 bridgehead atoms. The van der Waals surface area contributed by atoms with E-state index >= 15 is 0 Å². The molecular weight excluding hydrogens is 322 g/mol. The molecule has 25 heavy (non-hydrogen) atoms. The number of H-pyrrole nitrogens is 1. The number of carbonyl (C=O) groups is 1. The van der Waals surface area contributed by atoms with Crippen LogP contribution in [0.25, 0.3) is 10.9 Å². The zero-order valence-electron chi connectivity index (χ0n) is 14.7. The Morgan fingerprint density at radius 2 is 2.32 bits per heavy atom. The average molecular weight is 347 g/mol. The van der Waals surface area contributed by atoms with Crippen molar-refractivity contribution in [2.45, 2.75) is 38.8 Å². The summed E-state index contributed by atoms with van der Waals surface area (Å²) in [5.41, 5.74) is 0.781. The number of fused-ring (bicyclic) bond motifs is 1. The van der Waals surface area contributed by atoms with Crippen molar-refractivity contribution in [3.05, 3.63) is 23.9 Å². The Kier molecular flexibility index (Phi) is 4.96. The molecule has 136 valence electrons. The van der Waals surface area contributed by atoms with Gasteiger partial charge in [-0.2, -0.15) is 5.10 Å². The van der Waals surface area contributed by atoms with Crippen molar-refractivity contribution < 1.29 is 19.7 Å². The number of nitrogens with zero attached hydrogens (tertiary/aromatic N) is 2. The number of aromatic nitrogens is 2. The highest BCUT2D eigenvalue weighted by atomic mass is 16.5. The van der Waals surface area contributed by atoms with Gasteiger partial charge in [0.05, 0.1) is 29.8 Å². The minimum Gasteiger partial charge on any atom is -0.497 e. The molecule has 1 saturated heterocycles. The number of aromatic amines is 1. The lowest BCUT2D eigenvalue weighted by atomic mass is 9.73. The number of likely N-dealkylation sites (tertiary alicyclic amines) is 1. The van der Waals surface area contributed by atoms with E-state index in [4.69, 9.17) is 4.74 Å². The molecule has 0 spiro atoms. The minimum absolute atomic E-state index is 0.344. The highest BCUT2D eigenvalue weighted by molar-refractivity contribution is 5.82. The first-order chi connectivity index (χ1) is 12.0. The molecule has 2 heterocycles. The van der Waals surface area contributed by atoms with Gasteiger partial charge in [-0.25, -0.2) is 0 Å². The van der Waals surface area contributed by atoms with Crippen LogP contribution in [0.1, 0.15) is 31.9 Å². The number of aliphatic hydroxyl groups excluding tert-OH is 1. The lowest BCUT2D eigenvalue weighted by molar-refractivity contribution is -0.164. The number of carboxylic acid groups (broad SMARTS) is 1. The summed E-state index contributed by atoms with van der Waals surface area (Å²) in [5, 5.41) is 28.5. The molecule has 2 aromatic rings. The maximum Gasteiger partial charge on any atom is 0.312 e. The highest BCUT2D eigenvalue weighted by Gasteiger charge is 2.47. The molecule has 0 saturated carbocycles. The number of aliphatic hydroxyl groups is 1. The zero-order valence-corrected chi connectivity index (χ0v) is 14.7. The molecule has 7 heteroatoms. The number of aliphatic carboxylic acids is 1. The topological polar surface area (TPSA) is 98.7 Å². The predicted octanol–water partition coefficient (Wildman–Crippen LogP) is 2.01. The molecule has 2 atom stereocenters. The van der Waals surface area contributed by atoms with Crippen LogP contribution in [0.4, 0.5) is 0 Å². The van der Waals surface area contributed by atoms with E-state index in [1.807, 2.05) is 25.1 Å². The fourth-order valence-corrected chi connectivity index (χ4v) is 3.79. The summed E-state index contributed by atoms with van der Waals surface area (Å²) >= 11 is 0. The van der Waals surface area contributed by atoms with E-state index in [-0.39, 0.29) is 0 Å². The van der Waals surface area contributed by atoms with Crippen molar-refractivity contribution in [1.29, 1.82) is 0 Å². The third kappa shape index (κ3) is 3.21. The second-order valence-corrected chi connectivity index (χ2v) is 6.80. The molecule has 3 rings (SSSR count). The molecule has 0 unspecified atom stereocenters. The van der Waals surface area contributed by atoms with Gasteiger partial charge in [0.2, 0.25) is 0 Å². The van der Waals surface area contributed by atoms with Crippen molar-refractivity contribution >= 4 is 16.9 Å². The Labute approximate surface area is 146 Å². The van der Waals surface area contributed by atoms with Crippen LogP contribution in [-0.2, 0) is 11.3 Å². The van der Waals surface area contributed by atoms with Gasteiger partial charge in [0.15, 0.2) is 0 Å². The van der Waals surface area contributed by atoms with E-state index in [1.54, 1.807) is 7.11 Å². The van der Waals surface area contributed by atoms with E-state index in [0.29, 0.717) is 32.5 Å². The summed E-state index contributed by atoms with van der Waals surface area (Å²) < 4.78 is 5.27. The van der Waals surface area contributed by atoms with Crippen LogP contribution in [0.15, 0.2) is 18.2 Å². The number of benzene rings is 1. The first-order valence-electron chi connectivity index (χ1n) is 8.65. The van der Waals surface area contributed by atoms with Gasteiger partial charge in [-0.1, -0.05) is 13.3 Å². The summed E-state index contributed by atoms with van der Waals surface area (Å²) in [6.07, 6.45) is 0.824. The monoisotopic (exact) mass is 347 g/mol. The quantitative estimate of drug-likeness (QED) is 0.739. The van der Waals surface area contributed by atoms with Crippen LogP contribution in [0.2, 0.25) is 0 Å². The van der Waals surface area contributed by atoms with Gasteiger partial charge in [-0.05, 0) is 37.6 Å². The second kappa shape index (κ2) is 7.01. The number of hydrogen-bond donors (Lipinski definition) is 3. The first kappa shape index (κ1) is 17.7. The van der Waals surface area contributed by atoms with Crippen molar-refractivity contribution in [2.75, 3.05) is 20.2 Å². The maximum atomic E-state index is 11.7. The molecule has 3 N–H and O–H groups in total. The molecule has 1 aliphatic rings. The average Bonchev–Trinajstić information content (AvgIpc) is 2.99. The fourth-order valence-electron chi connectivity index (χ4n) is 3.79. The lowest BCUT2D eigenvalue weighted by Gasteiger charge is -2.42. The number of rotatable bonds is 6. The van der Waals surface area contributed by atoms with Crippen LogP contribution in [-0.4, -0.2) is 57.6 Å². The number of carboxylic acids is 1. The number of hydrogen-bond acceptors (Lipinski definition) is 5. The number of β-amino-alcohol motifs (C(OH)–C–C–N with tert-alkyl or cyclic N) is 1. The Morgan fingerprint density at radius 1 is 1.52 bits per heavy atom. The van der Waals surface area contributed by atoms with Crippen LogP contribution in [0.5, 0.6) is 5.75 Å². The molecule has 1 fully saturated rings. The summed E-state index contributed by atoms with van der Waals surface area (Å²) in [4.78, 5) is 13.8. The normalized spacial score (nSPS) is 24.5. The second-order valence-electron chi connectivity index (χ2n) is 6.80. The lowest BCUT2D eigenvalue weighted by Crippen LogP contribution is -2.54. The minimum atomic E-state index is -1.02. The molecule has 1 aromatic carbocycles. The smallest absolute Gasteiger partial charge is 0.312 e. The Morgan fingerprint density at radius 3 is 2.96 bits per heavy atom. The van der Waals surface area contributed by atoms with Crippen molar-refractivity contribution in [3.63, 3.8) is 0 Å². The fraction of sp³-hybridized carbons (Fsp3) is 0.556. The van der Waals surface area contributed by atoms with Crippen molar-refractivity contribution in [1.82, 2.24) is 15.1 Å². The molecule has 0 amide bonds. The largest absolute Gasteiger partial charge is 0.497 e. The molecular formula is C18H25N3O4. The SMILES string of the molecule is CCC[C@]1(C(=O)O)CCN(Cc2[nH]nc3ccc(OC)cc23)C[C@@H]1O. The summed E-state index contributed by atoms with van der Waals surface area (Å²) in [6.45, 7) is 3.51. The molecule has 1 aliphatic heterocycles. The Hall–Kier alpha value is -2.12. The number of methoxy groups -OCH3 is 1. The molecule has 0 aliphatic carbocycles. The summed E-state index contributed by atoms with van der Waals surface area (Å²) in [6, 6.07) is 5.70. The molecule has 0 radical (unpaired) electrons. The van der Waals surface area contributed by atoms with E-state index in [0.717, 1.165) is 28.8 Å². The van der Waals surface area contributed by atoms with Gasteiger partial charge in [0.1, 0.15) is 5.75 Å². The maximum absolute atomic E-state index is 11.7. The van der Waals surface area contributed by atoms with Crippen molar-refractivity contribution in [3.8, 4) is 5.75 Å². The van der Waals surface area contributed by atoms with Crippen LogP contribution >= 0.6 is 0 Å². The highest BCUT2D eigenvalue weighted by Crippen LogP contribution is 2.37. The zero-order chi connectivity index (χ0) is 18.0. The van der Waals surface area contributed by atoms with Gasteiger partial charge in [0, 0.05) is 18.5 Å². The van der Waals surface area contributed by atoms with Crippen LogP contribution < -0.4 is 4.74 Å². The van der Waals surface area contributed by atoms with Gasteiger partial charge < -0.3 is 14.9 Å². The van der Waals surface area contributed by atoms with Gasteiger partial charge in [-0.15, -0.1) is 0 Å². The van der Waals surface area contributed by atoms with Crippen molar-refractivity contribution in [2.24, 2.45) is 5.41 Å². The Balaban J connectivity index is 1.76. The molecule has 7 nitrogen and oxygen atoms in total. The third-order valence-corrected chi connectivity index (χ3v) is 5.29. The predicted molar refractivity (Wildman–Crippen MR) is 93.5 cm³/mol. The van der Waals surface area contributed by atoms with E-state index < -0.39 is 17.5 Å². The van der Waals surface area contributed by atoms with Gasteiger partial charge in [-0.3, -0.25) is 14.8 Å². The van der Waals surface area contributed by atoms with Gasteiger partial charge in [0.25, 0.3) is 0 Å². The Bertz CT molecular complexity index is 760. The van der Waals surface area contributed by atoms with Crippen LogP contribution in [0, 0.1) is 5.41 Å².